The van der Waals surface area contributed by atoms with Crippen molar-refractivity contribution >= 4 is 28.8 Å². The molecule has 0 aliphatic carbocycles. The van der Waals surface area contributed by atoms with E-state index in [2.05, 4.69) is 14.8 Å². The van der Waals surface area contributed by atoms with Crippen molar-refractivity contribution in [3.05, 3.63) is 51.2 Å². The van der Waals surface area contributed by atoms with Crippen molar-refractivity contribution in [1.29, 1.82) is 0 Å². The zero-order valence-corrected chi connectivity index (χ0v) is 26.8. The van der Waals surface area contributed by atoms with E-state index in [4.69, 9.17) is 0 Å². The number of nitrogens with zero attached hydrogens (tertiary/aromatic N) is 4. The molecular weight excluding hydrogens is 563 g/mol. The number of likely N-dealkylation sites (tertiary alicyclic amines) is 3. The fourth-order valence-electron chi connectivity index (χ4n) is 7.62. The predicted octanol–water partition coefficient (Wildman–Crippen LogP) is 5.20. The lowest BCUT2D eigenvalue weighted by molar-refractivity contribution is -0.130. The predicted molar refractivity (Wildman–Crippen MR) is 168 cm³/mol. The van der Waals surface area contributed by atoms with E-state index in [-0.39, 0.29) is 29.2 Å². The Balaban J connectivity index is 1.23. The van der Waals surface area contributed by atoms with Crippen molar-refractivity contribution in [3.63, 3.8) is 0 Å². The molecule has 3 aliphatic heterocycles. The van der Waals surface area contributed by atoms with Gasteiger partial charge in [0.05, 0.1) is 17.0 Å². The number of carbonyl (C=O) groups excluding carboxylic acids is 3. The SMILES string of the molecule is CC(=O)c1sc(CC(=O)C[C@@H]2CN(C3CCN(C(C)=O)CC3)CC[C@H]2CN2CCC[C@@H](Cc3ccc(F)cc3)C2)nc1C. The van der Waals surface area contributed by atoms with E-state index < -0.39 is 0 Å². The van der Waals surface area contributed by atoms with Crippen LogP contribution >= 0.6 is 11.3 Å². The van der Waals surface area contributed by atoms with E-state index in [9.17, 15) is 18.8 Å². The molecule has 3 saturated heterocycles. The van der Waals surface area contributed by atoms with E-state index in [1.165, 1.54) is 29.7 Å². The standard InChI is InChI=1S/C34H47FN4O3S/c1-23-34(24(2)40)43-33(36-23)19-32(42)18-29-22-39(31-11-15-38(16-12-31)25(3)41)14-10-28(29)21-37-13-4-5-27(20-37)17-26-6-8-30(35)9-7-26/h6-9,27-29,31H,4-5,10-22H2,1-3H3/t27-,28-,29+/m0/s1. The van der Waals surface area contributed by atoms with Crippen LogP contribution in [0.25, 0.3) is 0 Å². The van der Waals surface area contributed by atoms with Crippen LogP contribution < -0.4 is 0 Å². The summed E-state index contributed by atoms with van der Waals surface area (Å²) in [5.41, 5.74) is 1.92. The third kappa shape index (κ3) is 8.58. The minimum atomic E-state index is -0.186. The van der Waals surface area contributed by atoms with Gasteiger partial charge in [0.2, 0.25) is 5.91 Å². The molecule has 0 spiro atoms. The highest BCUT2D eigenvalue weighted by atomic mass is 32.1. The first-order valence-electron chi connectivity index (χ1n) is 16.1. The largest absolute Gasteiger partial charge is 0.343 e. The highest BCUT2D eigenvalue weighted by molar-refractivity contribution is 7.13. The number of ketones is 2. The lowest BCUT2D eigenvalue weighted by Crippen LogP contribution is -2.53. The second kappa shape index (κ2) is 14.5. The molecule has 0 unspecified atom stereocenters. The van der Waals surface area contributed by atoms with Crippen LogP contribution in [-0.2, 0) is 22.4 Å². The third-order valence-corrected chi connectivity index (χ3v) is 11.1. The number of piperidine rings is 3. The number of benzene rings is 1. The monoisotopic (exact) mass is 610 g/mol. The molecule has 1 aromatic carbocycles. The summed E-state index contributed by atoms with van der Waals surface area (Å²) < 4.78 is 13.4. The van der Waals surface area contributed by atoms with Gasteiger partial charge in [-0.2, -0.15) is 0 Å². The second-order valence-electron chi connectivity index (χ2n) is 13.1. The fraction of sp³-hybridized carbons (Fsp3) is 0.647. The van der Waals surface area contributed by atoms with E-state index in [0.29, 0.717) is 35.6 Å². The molecule has 0 N–H and O–H groups in total. The Kier molecular flexibility index (Phi) is 10.8. The van der Waals surface area contributed by atoms with Gasteiger partial charge in [0.1, 0.15) is 16.6 Å². The molecule has 5 rings (SSSR count). The summed E-state index contributed by atoms with van der Waals surface area (Å²) in [4.78, 5) is 49.6. The van der Waals surface area contributed by atoms with Crippen LogP contribution in [0, 0.1) is 30.5 Å². The molecule has 43 heavy (non-hydrogen) atoms. The van der Waals surface area contributed by atoms with Crippen LogP contribution in [0.4, 0.5) is 4.39 Å². The minimum absolute atomic E-state index is 0.00627. The maximum Gasteiger partial charge on any atom is 0.219 e. The first-order valence-corrected chi connectivity index (χ1v) is 16.9. The Morgan fingerprint density at radius 1 is 0.953 bits per heavy atom. The number of amides is 1. The van der Waals surface area contributed by atoms with Crippen molar-refractivity contribution < 1.29 is 18.8 Å². The van der Waals surface area contributed by atoms with Gasteiger partial charge in [0.15, 0.2) is 5.78 Å². The van der Waals surface area contributed by atoms with E-state index in [1.54, 1.807) is 26.0 Å². The third-order valence-electron chi connectivity index (χ3n) is 9.88. The topological polar surface area (TPSA) is 73.8 Å². The van der Waals surface area contributed by atoms with Gasteiger partial charge in [-0.15, -0.1) is 11.3 Å². The molecule has 3 fully saturated rings. The van der Waals surface area contributed by atoms with Crippen LogP contribution in [0.1, 0.15) is 78.3 Å². The highest BCUT2D eigenvalue weighted by Crippen LogP contribution is 2.33. The minimum Gasteiger partial charge on any atom is -0.343 e. The molecule has 7 nitrogen and oxygen atoms in total. The number of hydrogen-bond donors (Lipinski definition) is 0. The molecule has 3 atom stereocenters. The Labute approximate surface area is 259 Å². The molecular formula is C34H47FN4O3S. The molecule has 1 aromatic heterocycles. The molecule has 0 saturated carbocycles. The van der Waals surface area contributed by atoms with Crippen molar-refractivity contribution in [3.8, 4) is 0 Å². The van der Waals surface area contributed by atoms with Crippen LogP contribution in [0.15, 0.2) is 24.3 Å². The molecule has 3 aliphatic rings. The van der Waals surface area contributed by atoms with Crippen LogP contribution in [0.3, 0.4) is 0 Å². The zero-order valence-electron chi connectivity index (χ0n) is 26.0. The summed E-state index contributed by atoms with van der Waals surface area (Å²) in [5.74, 6) is 1.48. The van der Waals surface area contributed by atoms with Gasteiger partial charge in [-0.1, -0.05) is 12.1 Å². The molecule has 9 heteroatoms. The highest BCUT2D eigenvalue weighted by Gasteiger charge is 2.36. The molecule has 234 valence electrons. The van der Waals surface area contributed by atoms with Crippen LogP contribution in [-0.4, -0.2) is 89.0 Å². The summed E-state index contributed by atoms with van der Waals surface area (Å²) in [6.45, 7) is 11.8. The normalized spacial score (nSPS) is 24.3. The summed E-state index contributed by atoms with van der Waals surface area (Å²) >= 11 is 1.36. The Morgan fingerprint density at radius 2 is 1.70 bits per heavy atom. The first kappa shape index (κ1) is 31.9. The number of thiazole rings is 1. The summed E-state index contributed by atoms with van der Waals surface area (Å²) in [5, 5.41) is 0.744. The maximum atomic E-state index is 13.5. The second-order valence-corrected chi connectivity index (χ2v) is 14.2. The van der Waals surface area contributed by atoms with Gasteiger partial charge in [0, 0.05) is 59.0 Å². The lowest BCUT2D eigenvalue weighted by atomic mass is 9.79. The van der Waals surface area contributed by atoms with Gasteiger partial charge >= 0.3 is 0 Å². The molecule has 0 radical (unpaired) electrons. The van der Waals surface area contributed by atoms with Gasteiger partial charge in [0.25, 0.3) is 0 Å². The fourth-order valence-corrected chi connectivity index (χ4v) is 8.60. The van der Waals surface area contributed by atoms with Crippen molar-refractivity contribution in [1.82, 2.24) is 19.7 Å². The Hall–Kier alpha value is -2.49. The smallest absolute Gasteiger partial charge is 0.219 e. The summed E-state index contributed by atoms with van der Waals surface area (Å²) in [7, 11) is 0. The quantitative estimate of drug-likeness (QED) is 0.345. The summed E-state index contributed by atoms with van der Waals surface area (Å²) in [6, 6.07) is 7.40. The average Bonchev–Trinajstić information content (AvgIpc) is 3.35. The number of rotatable bonds is 10. The number of hydrogen-bond acceptors (Lipinski definition) is 7. The first-order chi connectivity index (χ1) is 20.6. The average molecular weight is 611 g/mol. The number of carbonyl (C=O) groups is 3. The molecule has 1 amide bonds. The van der Waals surface area contributed by atoms with Crippen molar-refractivity contribution in [2.45, 2.75) is 78.2 Å². The van der Waals surface area contributed by atoms with Crippen molar-refractivity contribution in [2.75, 3.05) is 45.8 Å². The molecule has 2 aromatic rings. The van der Waals surface area contributed by atoms with E-state index >= 15 is 0 Å². The number of Topliss-reactive ketones (excluding diaryl/α,β-unsaturated/α-hetero) is 2. The van der Waals surface area contributed by atoms with Crippen LogP contribution in [0.5, 0.6) is 0 Å². The van der Waals surface area contributed by atoms with Gasteiger partial charge < -0.3 is 9.80 Å². The van der Waals surface area contributed by atoms with E-state index in [1.807, 2.05) is 24.0 Å². The van der Waals surface area contributed by atoms with Gasteiger partial charge in [-0.05, 0) is 94.0 Å². The van der Waals surface area contributed by atoms with Gasteiger partial charge in [-0.3, -0.25) is 19.3 Å². The molecule has 4 heterocycles. The number of aryl methyl sites for hydroxylation is 1. The van der Waals surface area contributed by atoms with Crippen LogP contribution in [0.2, 0.25) is 0 Å². The number of halogens is 1. The van der Waals surface area contributed by atoms with E-state index in [0.717, 1.165) is 82.2 Å². The Bertz CT molecular complexity index is 1270. The van der Waals surface area contributed by atoms with Gasteiger partial charge in [-0.25, -0.2) is 9.37 Å². The zero-order chi connectivity index (χ0) is 30.5. The Morgan fingerprint density at radius 3 is 2.37 bits per heavy atom. The number of aromatic nitrogens is 1. The summed E-state index contributed by atoms with van der Waals surface area (Å²) in [6.07, 6.45) is 7.24. The van der Waals surface area contributed by atoms with Crippen molar-refractivity contribution in [2.24, 2.45) is 17.8 Å². The maximum absolute atomic E-state index is 13.5. The molecule has 0 bridgehead atoms. The lowest BCUT2D eigenvalue weighted by Gasteiger charge is -2.46.